The van der Waals surface area contributed by atoms with Crippen LogP contribution >= 0.6 is 0 Å². The van der Waals surface area contributed by atoms with Gasteiger partial charge in [0.15, 0.2) is 11.6 Å². The second kappa shape index (κ2) is 7.98. The SMILES string of the molecule is CCOC(=O)C1CCCCN1CCOc1ccccc1F. The first-order valence-corrected chi connectivity index (χ1v) is 7.50. The number of nitrogens with zero attached hydrogens (tertiary/aromatic N) is 1. The third-order valence-electron chi connectivity index (χ3n) is 3.65. The highest BCUT2D eigenvalue weighted by molar-refractivity contribution is 5.75. The van der Waals surface area contributed by atoms with Gasteiger partial charge in [0.25, 0.3) is 0 Å². The number of ether oxygens (including phenoxy) is 2. The lowest BCUT2D eigenvalue weighted by Gasteiger charge is -2.33. The van der Waals surface area contributed by atoms with Crippen LogP contribution in [0.15, 0.2) is 24.3 Å². The van der Waals surface area contributed by atoms with E-state index in [-0.39, 0.29) is 23.6 Å². The molecular weight excluding hydrogens is 273 g/mol. The fourth-order valence-corrected chi connectivity index (χ4v) is 2.60. The predicted octanol–water partition coefficient (Wildman–Crippen LogP) is 2.62. The molecule has 1 aliphatic rings. The van der Waals surface area contributed by atoms with Gasteiger partial charge in [0.1, 0.15) is 12.6 Å². The van der Waals surface area contributed by atoms with E-state index in [1.165, 1.54) is 6.07 Å². The lowest BCUT2D eigenvalue weighted by molar-refractivity contribution is -0.151. The number of hydrogen-bond donors (Lipinski definition) is 0. The topological polar surface area (TPSA) is 38.8 Å². The summed E-state index contributed by atoms with van der Waals surface area (Å²) >= 11 is 0. The summed E-state index contributed by atoms with van der Waals surface area (Å²) < 4.78 is 24.0. The normalized spacial score (nSPS) is 19.2. The zero-order valence-electron chi connectivity index (χ0n) is 12.4. The standard InChI is InChI=1S/C16H22FNO3/c1-2-20-16(19)14-8-5-6-10-18(14)11-12-21-15-9-4-3-7-13(15)17/h3-4,7,9,14H,2,5-6,8,10-12H2,1H3. The summed E-state index contributed by atoms with van der Waals surface area (Å²) in [4.78, 5) is 14.0. The van der Waals surface area contributed by atoms with Gasteiger partial charge in [-0.05, 0) is 38.4 Å². The third-order valence-corrected chi connectivity index (χ3v) is 3.65. The van der Waals surface area contributed by atoms with Gasteiger partial charge < -0.3 is 9.47 Å². The van der Waals surface area contributed by atoms with Crippen molar-refractivity contribution in [1.29, 1.82) is 0 Å². The lowest BCUT2D eigenvalue weighted by atomic mass is 10.0. The molecule has 1 saturated heterocycles. The van der Waals surface area contributed by atoms with Crippen molar-refractivity contribution in [3.05, 3.63) is 30.1 Å². The number of carbonyl (C=O) groups is 1. The van der Waals surface area contributed by atoms with Crippen LogP contribution in [0.25, 0.3) is 0 Å². The molecule has 0 radical (unpaired) electrons. The molecule has 5 heteroatoms. The number of halogens is 1. The highest BCUT2D eigenvalue weighted by Crippen LogP contribution is 2.19. The van der Waals surface area contributed by atoms with Crippen LogP contribution in [0.4, 0.5) is 4.39 Å². The predicted molar refractivity (Wildman–Crippen MR) is 77.7 cm³/mol. The Morgan fingerprint density at radius 3 is 2.95 bits per heavy atom. The largest absolute Gasteiger partial charge is 0.489 e. The van der Waals surface area contributed by atoms with E-state index >= 15 is 0 Å². The minimum atomic E-state index is -0.363. The number of piperidine rings is 1. The highest BCUT2D eigenvalue weighted by Gasteiger charge is 2.29. The van der Waals surface area contributed by atoms with Crippen molar-refractivity contribution in [3.63, 3.8) is 0 Å². The molecule has 4 nitrogen and oxygen atoms in total. The Balaban J connectivity index is 1.85. The van der Waals surface area contributed by atoms with Gasteiger partial charge in [0.2, 0.25) is 0 Å². The minimum absolute atomic E-state index is 0.164. The molecule has 0 saturated carbocycles. The molecule has 0 N–H and O–H groups in total. The molecule has 1 fully saturated rings. The summed E-state index contributed by atoms with van der Waals surface area (Å²) in [5.41, 5.74) is 0. The van der Waals surface area contributed by atoms with Gasteiger partial charge in [-0.25, -0.2) is 4.39 Å². The summed E-state index contributed by atoms with van der Waals surface area (Å²) in [7, 11) is 0. The fourth-order valence-electron chi connectivity index (χ4n) is 2.60. The van der Waals surface area contributed by atoms with Crippen LogP contribution in [0.5, 0.6) is 5.75 Å². The minimum Gasteiger partial charge on any atom is -0.489 e. The number of carbonyl (C=O) groups excluding carboxylic acids is 1. The third kappa shape index (κ3) is 4.43. The molecule has 0 bridgehead atoms. The Morgan fingerprint density at radius 1 is 1.38 bits per heavy atom. The maximum absolute atomic E-state index is 13.4. The lowest BCUT2D eigenvalue weighted by Crippen LogP contribution is -2.47. The van der Waals surface area contributed by atoms with E-state index in [1.807, 2.05) is 6.92 Å². The number of rotatable bonds is 6. The van der Waals surface area contributed by atoms with Crippen LogP contribution in [-0.2, 0) is 9.53 Å². The van der Waals surface area contributed by atoms with E-state index < -0.39 is 0 Å². The van der Waals surface area contributed by atoms with Crippen molar-refractivity contribution in [2.45, 2.75) is 32.2 Å². The zero-order chi connectivity index (χ0) is 15.1. The quantitative estimate of drug-likeness (QED) is 0.756. The maximum atomic E-state index is 13.4. The number of likely N-dealkylation sites (tertiary alicyclic amines) is 1. The molecule has 2 rings (SSSR count). The van der Waals surface area contributed by atoms with E-state index in [1.54, 1.807) is 18.2 Å². The van der Waals surface area contributed by atoms with E-state index in [0.717, 1.165) is 25.8 Å². The van der Waals surface area contributed by atoms with Crippen molar-refractivity contribution in [3.8, 4) is 5.75 Å². The van der Waals surface area contributed by atoms with E-state index in [4.69, 9.17) is 9.47 Å². The van der Waals surface area contributed by atoms with Crippen molar-refractivity contribution < 1.29 is 18.7 Å². The van der Waals surface area contributed by atoms with Crippen LogP contribution in [0.2, 0.25) is 0 Å². The second-order valence-corrected chi connectivity index (χ2v) is 5.08. The monoisotopic (exact) mass is 295 g/mol. The van der Waals surface area contributed by atoms with Gasteiger partial charge in [-0.2, -0.15) is 0 Å². The first kappa shape index (κ1) is 15.8. The van der Waals surface area contributed by atoms with Crippen molar-refractivity contribution in [1.82, 2.24) is 4.90 Å². The van der Waals surface area contributed by atoms with Gasteiger partial charge in [-0.15, -0.1) is 0 Å². The highest BCUT2D eigenvalue weighted by atomic mass is 19.1. The zero-order valence-corrected chi connectivity index (χ0v) is 12.4. The Labute approximate surface area is 124 Å². The molecule has 1 aromatic carbocycles. The number of benzene rings is 1. The fraction of sp³-hybridized carbons (Fsp3) is 0.562. The maximum Gasteiger partial charge on any atom is 0.323 e. The molecule has 1 atom stereocenters. The molecule has 0 spiro atoms. The van der Waals surface area contributed by atoms with Crippen LogP contribution in [-0.4, -0.2) is 43.2 Å². The number of para-hydroxylation sites is 1. The molecule has 1 heterocycles. The van der Waals surface area contributed by atoms with Gasteiger partial charge >= 0.3 is 5.97 Å². The summed E-state index contributed by atoms with van der Waals surface area (Å²) in [6.07, 6.45) is 2.92. The Kier molecular flexibility index (Phi) is 5.99. The van der Waals surface area contributed by atoms with Gasteiger partial charge in [-0.1, -0.05) is 18.6 Å². The molecule has 1 aromatic rings. The summed E-state index contributed by atoms with van der Waals surface area (Å²) in [6.45, 7) is 4.01. The van der Waals surface area contributed by atoms with E-state index in [2.05, 4.69) is 4.90 Å². The summed E-state index contributed by atoms with van der Waals surface area (Å²) in [5, 5.41) is 0. The average Bonchev–Trinajstić information content (AvgIpc) is 2.50. The molecule has 0 amide bonds. The number of esters is 1. The molecule has 1 aliphatic heterocycles. The molecule has 1 unspecified atom stereocenters. The molecule has 116 valence electrons. The first-order chi connectivity index (χ1) is 10.2. The molecular formula is C16H22FNO3. The van der Waals surface area contributed by atoms with Gasteiger partial charge in [-0.3, -0.25) is 9.69 Å². The Morgan fingerprint density at radius 2 is 2.19 bits per heavy atom. The number of hydrogen-bond acceptors (Lipinski definition) is 4. The Bertz CT molecular complexity index is 467. The van der Waals surface area contributed by atoms with Crippen LogP contribution in [0, 0.1) is 5.82 Å². The van der Waals surface area contributed by atoms with Gasteiger partial charge in [0, 0.05) is 6.54 Å². The first-order valence-electron chi connectivity index (χ1n) is 7.50. The molecule has 0 aliphatic carbocycles. The van der Waals surface area contributed by atoms with Gasteiger partial charge in [0.05, 0.1) is 6.61 Å². The van der Waals surface area contributed by atoms with Crippen molar-refractivity contribution in [2.24, 2.45) is 0 Å². The molecule has 0 aromatic heterocycles. The smallest absolute Gasteiger partial charge is 0.323 e. The van der Waals surface area contributed by atoms with E-state index in [0.29, 0.717) is 19.8 Å². The summed E-state index contributed by atoms with van der Waals surface area (Å²) in [5.74, 6) is -0.275. The van der Waals surface area contributed by atoms with Crippen molar-refractivity contribution in [2.75, 3.05) is 26.3 Å². The average molecular weight is 295 g/mol. The van der Waals surface area contributed by atoms with Crippen molar-refractivity contribution >= 4 is 5.97 Å². The van der Waals surface area contributed by atoms with Crippen LogP contribution < -0.4 is 4.74 Å². The Hall–Kier alpha value is -1.62. The van der Waals surface area contributed by atoms with Crippen LogP contribution in [0.1, 0.15) is 26.2 Å². The van der Waals surface area contributed by atoms with Crippen LogP contribution in [0.3, 0.4) is 0 Å². The second-order valence-electron chi connectivity index (χ2n) is 5.08. The van der Waals surface area contributed by atoms with E-state index in [9.17, 15) is 9.18 Å². The summed E-state index contributed by atoms with van der Waals surface area (Å²) in [6, 6.07) is 6.15. The molecule has 21 heavy (non-hydrogen) atoms.